The predicted molar refractivity (Wildman–Crippen MR) is 126 cm³/mol. The van der Waals surface area contributed by atoms with Gasteiger partial charge in [0.25, 0.3) is 0 Å². The summed E-state index contributed by atoms with van der Waals surface area (Å²) >= 11 is 0. The molecule has 0 bridgehead atoms. The maximum Gasteiger partial charge on any atom is 0.420 e. The molecule has 1 aliphatic carbocycles. The minimum absolute atomic E-state index is 0.00923. The van der Waals surface area contributed by atoms with E-state index in [9.17, 15) is 13.2 Å². The molecule has 3 fully saturated rings. The summed E-state index contributed by atoms with van der Waals surface area (Å²) in [4.78, 5) is 2.49. The van der Waals surface area contributed by atoms with Gasteiger partial charge in [-0.05, 0) is 75.5 Å². The van der Waals surface area contributed by atoms with Crippen molar-refractivity contribution in [3.8, 4) is 11.3 Å². The van der Waals surface area contributed by atoms with E-state index in [-0.39, 0.29) is 17.6 Å². The van der Waals surface area contributed by atoms with E-state index in [4.69, 9.17) is 4.74 Å². The Morgan fingerprint density at radius 1 is 1.06 bits per heavy atom. The van der Waals surface area contributed by atoms with Gasteiger partial charge in [0, 0.05) is 37.8 Å². The number of hydrogen-bond acceptors (Lipinski definition) is 5. The second-order valence-electron chi connectivity index (χ2n) is 10.3. The Morgan fingerprint density at radius 3 is 2.50 bits per heavy atom. The molecule has 1 saturated carbocycles. The van der Waals surface area contributed by atoms with E-state index in [0.717, 1.165) is 69.1 Å². The van der Waals surface area contributed by atoms with Crippen LogP contribution in [0.3, 0.4) is 0 Å². The van der Waals surface area contributed by atoms with E-state index in [0.29, 0.717) is 23.5 Å². The number of anilines is 1. The SMILES string of the molecule is Cc1ccc(C)c(-c2cc(C(F)(F)F)c(N[C@H]3C[C@@H]4CN(C[C@H]5CCCCO5)C[C@@H]4C3)nn2)c1. The van der Waals surface area contributed by atoms with Gasteiger partial charge in [0.1, 0.15) is 5.56 Å². The molecule has 5 nitrogen and oxygen atoms in total. The third kappa shape index (κ3) is 5.08. The van der Waals surface area contributed by atoms with Crippen LogP contribution in [0.2, 0.25) is 0 Å². The van der Waals surface area contributed by atoms with E-state index < -0.39 is 11.7 Å². The molecular weight excluding hydrogens is 441 g/mol. The Morgan fingerprint density at radius 2 is 1.82 bits per heavy atom. The summed E-state index contributed by atoms with van der Waals surface area (Å²) in [5.74, 6) is 0.870. The lowest BCUT2D eigenvalue weighted by molar-refractivity contribution is -0.137. The first-order valence-corrected chi connectivity index (χ1v) is 12.4. The van der Waals surface area contributed by atoms with Crippen LogP contribution in [0.25, 0.3) is 11.3 Å². The first kappa shape index (κ1) is 23.5. The van der Waals surface area contributed by atoms with Gasteiger partial charge in [-0.25, -0.2) is 0 Å². The molecule has 0 radical (unpaired) electrons. The lowest BCUT2D eigenvalue weighted by Crippen LogP contribution is -2.35. The van der Waals surface area contributed by atoms with Crippen molar-refractivity contribution < 1.29 is 17.9 Å². The molecule has 1 aromatic heterocycles. The van der Waals surface area contributed by atoms with Crippen LogP contribution < -0.4 is 5.32 Å². The zero-order chi connectivity index (χ0) is 23.9. The van der Waals surface area contributed by atoms with Gasteiger partial charge in [0.15, 0.2) is 5.82 Å². The molecule has 0 unspecified atom stereocenters. The standard InChI is InChI=1S/C26H33F3N4O/c1-16-6-7-17(2)22(9-16)24-12-23(26(27,28)29)25(32-31-24)30-20-10-18-13-33(14-19(18)11-20)15-21-5-3-4-8-34-21/h6-7,9,12,18-21H,3-5,8,10-11,13-15H2,1-2H3,(H,30,32)/t18-,19+,20+,21-/m1/s1. The van der Waals surface area contributed by atoms with Gasteiger partial charge in [-0.2, -0.15) is 13.2 Å². The molecule has 1 N–H and O–H groups in total. The molecule has 1 aromatic carbocycles. The highest BCUT2D eigenvalue weighted by molar-refractivity contribution is 5.66. The van der Waals surface area contributed by atoms with Crippen molar-refractivity contribution in [2.24, 2.45) is 11.8 Å². The Kier molecular flexibility index (Phi) is 6.55. The zero-order valence-electron chi connectivity index (χ0n) is 19.9. The van der Waals surface area contributed by atoms with Crippen LogP contribution in [0.15, 0.2) is 24.3 Å². The molecule has 184 valence electrons. The van der Waals surface area contributed by atoms with E-state index in [1.165, 1.54) is 6.42 Å². The van der Waals surface area contributed by atoms with Crippen molar-refractivity contribution in [2.45, 2.75) is 64.3 Å². The van der Waals surface area contributed by atoms with Gasteiger partial charge >= 0.3 is 6.18 Å². The largest absolute Gasteiger partial charge is 0.420 e. The first-order valence-electron chi connectivity index (χ1n) is 12.4. The molecule has 2 saturated heterocycles. The van der Waals surface area contributed by atoms with E-state index in [1.807, 2.05) is 32.0 Å². The fourth-order valence-corrected chi connectivity index (χ4v) is 5.95. The van der Waals surface area contributed by atoms with Gasteiger partial charge in [-0.1, -0.05) is 17.7 Å². The molecule has 5 rings (SSSR count). The summed E-state index contributed by atoms with van der Waals surface area (Å²) in [7, 11) is 0. The number of aromatic nitrogens is 2. The quantitative estimate of drug-likeness (QED) is 0.623. The molecule has 0 amide bonds. The number of likely N-dealkylation sites (tertiary alicyclic amines) is 1. The number of nitrogens with zero attached hydrogens (tertiary/aromatic N) is 3. The lowest BCUT2D eigenvalue weighted by Gasteiger charge is -2.28. The predicted octanol–water partition coefficient (Wildman–Crippen LogP) is 5.47. The molecule has 3 aliphatic rings. The average molecular weight is 475 g/mol. The molecule has 8 heteroatoms. The molecule has 4 atom stereocenters. The van der Waals surface area contributed by atoms with E-state index in [1.54, 1.807) is 0 Å². The van der Waals surface area contributed by atoms with E-state index >= 15 is 0 Å². The van der Waals surface area contributed by atoms with Crippen molar-refractivity contribution in [3.05, 3.63) is 41.0 Å². The van der Waals surface area contributed by atoms with Crippen LogP contribution in [0.5, 0.6) is 0 Å². The second kappa shape index (κ2) is 9.46. The van der Waals surface area contributed by atoms with Crippen molar-refractivity contribution in [2.75, 3.05) is 31.6 Å². The average Bonchev–Trinajstić information content (AvgIpc) is 3.33. The zero-order valence-corrected chi connectivity index (χ0v) is 19.9. The van der Waals surface area contributed by atoms with Crippen molar-refractivity contribution >= 4 is 5.82 Å². The van der Waals surface area contributed by atoms with Crippen LogP contribution in [-0.4, -0.2) is 53.5 Å². The number of fused-ring (bicyclic) bond motifs is 1. The maximum atomic E-state index is 14.0. The Labute approximate surface area is 199 Å². The summed E-state index contributed by atoms with van der Waals surface area (Å²) in [6, 6.07) is 6.82. The number of rotatable bonds is 5. The number of nitrogens with one attached hydrogen (secondary N) is 1. The Bertz CT molecular complexity index is 1010. The van der Waals surface area contributed by atoms with Gasteiger partial charge in [0.05, 0.1) is 11.8 Å². The number of aryl methyl sites for hydroxylation is 2. The molecule has 2 aromatic rings. The monoisotopic (exact) mass is 474 g/mol. The van der Waals surface area contributed by atoms with Gasteiger partial charge < -0.3 is 15.0 Å². The summed E-state index contributed by atoms with van der Waals surface area (Å²) in [5.41, 5.74) is 2.04. The molecule has 34 heavy (non-hydrogen) atoms. The number of halogens is 3. The number of alkyl halides is 3. The topological polar surface area (TPSA) is 50.3 Å². The molecule has 0 spiro atoms. The second-order valence-corrected chi connectivity index (χ2v) is 10.3. The normalized spacial score (nSPS) is 27.7. The summed E-state index contributed by atoms with van der Waals surface area (Å²) in [6.07, 6.45) is 1.09. The van der Waals surface area contributed by atoms with Crippen molar-refractivity contribution in [3.63, 3.8) is 0 Å². The highest BCUT2D eigenvalue weighted by Gasteiger charge is 2.43. The van der Waals surface area contributed by atoms with Gasteiger partial charge in [-0.3, -0.25) is 0 Å². The minimum atomic E-state index is -4.50. The third-order valence-corrected chi connectivity index (χ3v) is 7.67. The molecular formula is C26H33F3N4O. The Balaban J connectivity index is 1.26. The summed E-state index contributed by atoms with van der Waals surface area (Å²) in [6.45, 7) is 7.64. The maximum absolute atomic E-state index is 14.0. The Hall–Kier alpha value is -2.19. The smallest absolute Gasteiger partial charge is 0.377 e. The van der Waals surface area contributed by atoms with Gasteiger partial charge in [-0.15, -0.1) is 10.2 Å². The fourth-order valence-electron chi connectivity index (χ4n) is 5.95. The van der Waals surface area contributed by atoms with Crippen LogP contribution in [0.1, 0.15) is 48.8 Å². The summed E-state index contributed by atoms with van der Waals surface area (Å²) < 4.78 is 47.8. The summed E-state index contributed by atoms with van der Waals surface area (Å²) in [5, 5.41) is 11.3. The highest BCUT2D eigenvalue weighted by atomic mass is 19.4. The molecule has 3 heterocycles. The van der Waals surface area contributed by atoms with Crippen LogP contribution >= 0.6 is 0 Å². The first-order chi connectivity index (χ1) is 16.3. The molecule has 2 aliphatic heterocycles. The minimum Gasteiger partial charge on any atom is -0.377 e. The van der Waals surface area contributed by atoms with E-state index in [2.05, 4.69) is 20.4 Å². The number of hydrogen-bond donors (Lipinski definition) is 1. The van der Waals surface area contributed by atoms with Gasteiger partial charge in [0.2, 0.25) is 0 Å². The highest BCUT2D eigenvalue weighted by Crippen LogP contribution is 2.41. The number of benzene rings is 1. The van der Waals surface area contributed by atoms with Crippen molar-refractivity contribution in [1.29, 1.82) is 0 Å². The van der Waals surface area contributed by atoms with Crippen LogP contribution in [-0.2, 0) is 10.9 Å². The van der Waals surface area contributed by atoms with Crippen molar-refractivity contribution in [1.82, 2.24) is 15.1 Å². The lowest BCUT2D eigenvalue weighted by atomic mass is 10.0. The fraction of sp³-hybridized carbons (Fsp3) is 0.615. The third-order valence-electron chi connectivity index (χ3n) is 7.67. The van der Waals surface area contributed by atoms with Crippen LogP contribution in [0.4, 0.5) is 19.0 Å². The van der Waals surface area contributed by atoms with Crippen LogP contribution in [0, 0.1) is 25.7 Å². The number of ether oxygens (including phenoxy) is 1.